The summed E-state index contributed by atoms with van der Waals surface area (Å²) in [6.45, 7) is 21.0. The Morgan fingerprint density at radius 3 is 2.13 bits per heavy atom. The molecular weight excluding hydrogens is 366 g/mol. The molecule has 1 aromatic carbocycles. The Bertz CT molecular complexity index is 1340. The van der Waals surface area contributed by atoms with Gasteiger partial charge in [0.05, 0.1) is 16.6 Å². The van der Waals surface area contributed by atoms with Crippen molar-refractivity contribution in [2.45, 2.75) is 78.6 Å². The van der Waals surface area contributed by atoms with Crippen molar-refractivity contribution in [1.29, 1.82) is 0 Å². The van der Waals surface area contributed by atoms with Crippen LogP contribution in [-0.4, -0.2) is 14.4 Å². The van der Waals surface area contributed by atoms with Crippen molar-refractivity contribution in [3.8, 4) is 0 Å². The highest BCUT2D eigenvalue weighted by atomic mass is 15.0. The van der Waals surface area contributed by atoms with E-state index in [1.807, 2.05) is 0 Å². The molecule has 1 aliphatic carbocycles. The van der Waals surface area contributed by atoms with Crippen LogP contribution in [0.5, 0.6) is 0 Å². The van der Waals surface area contributed by atoms with E-state index in [0.29, 0.717) is 0 Å². The summed E-state index contributed by atoms with van der Waals surface area (Å²) in [6, 6.07) is 11.0. The Morgan fingerprint density at radius 1 is 0.767 bits per heavy atom. The van der Waals surface area contributed by atoms with Gasteiger partial charge in [-0.05, 0) is 51.6 Å². The Balaban J connectivity index is 1.90. The fourth-order valence-electron chi connectivity index (χ4n) is 5.46. The SMILES string of the molecule is CC(C)(C)c1ccc2c(ccn3c2nc2ccc4c(c23)C(C)(C)C(C)(C)C4(C)C)n1. The maximum Gasteiger partial charge on any atom is 0.147 e. The van der Waals surface area contributed by atoms with E-state index in [2.05, 4.69) is 103 Å². The number of pyridine rings is 2. The van der Waals surface area contributed by atoms with Crippen LogP contribution in [0.3, 0.4) is 0 Å². The molecule has 4 aromatic rings. The minimum atomic E-state index is 0.0302. The molecule has 3 heteroatoms. The molecule has 1 aliphatic rings. The van der Waals surface area contributed by atoms with Gasteiger partial charge in [0, 0.05) is 22.7 Å². The van der Waals surface area contributed by atoms with Gasteiger partial charge in [-0.15, -0.1) is 0 Å². The lowest BCUT2D eigenvalue weighted by Crippen LogP contribution is -2.42. The zero-order valence-corrected chi connectivity index (χ0v) is 19.8. The molecule has 0 bridgehead atoms. The molecule has 3 nitrogen and oxygen atoms in total. The minimum Gasteiger partial charge on any atom is -0.299 e. The molecule has 3 aromatic heterocycles. The zero-order valence-electron chi connectivity index (χ0n) is 19.8. The first-order chi connectivity index (χ1) is 13.8. The fourth-order valence-corrected chi connectivity index (χ4v) is 5.46. The van der Waals surface area contributed by atoms with E-state index in [4.69, 9.17) is 9.97 Å². The summed E-state index contributed by atoms with van der Waals surface area (Å²) in [5, 5.41) is 1.12. The third kappa shape index (κ3) is 2.16. The quantitative estimate of drug-likeness (QED) is 0.321. The average molecular weight is 400 g/mol. The number of aromatic nitrogens is 3. The van der Waals surface area contributed by atoms with E-state index < -0.39 is 0 Å². The van der Waals surface area contributed by atoms with Crippen molar-refractivity contribution in [1.82, 2.24) is 14.4 Å². The average Bonchev–Trinajstić information content (AvgIpc) is 3.08. The molecule has 0 spiro atoms. The molecule has 30 heavy (non-hydrogen) atoms. The second kappa shape index (κ2) is 5.43. The number of fused-ring (bicyclic) bond motifs is 7. The van der Waals surface area contributed by atoms with Gasteiger partial charge in [0.1, 0.15) is 5.65 Å². The Morgan fingerprint density at radius 2 is 1.47 bits per heavy atom. The van der Waals surface area contributed by atoms with Crippen molar-refractivity contribution in [2.24, 2.45) is 5.41 Å². The summed E-state index contributed by atoms with van der Waals surface area (Å²) in [4.78, 5) is 10.1. The van der Waals surface area contributed by atoms with Crippen LogP contribution in [0, 0.1) is 5.41 Å². The highest BCUT2D eigenvalue weighted by molar-refractivity contribution is 5.98. The molecule has 0 fully saturated rings. The Hall–Kier alpha value is -2.42. The van der Waals surface area contributed by atoms with Crippen LogP contribution in [-0.2, 0) is 16.2 Å². The summed E-state index contributed by atoms with van der Waals surface area (Å²) in [5.41, 5.74) is 8.63. The molecule has 0 atom stereocenters. The molecule has 0 radical (unpaired) electrons. The lowest BCUT2D eigenvalue weighted by atomic mass is 9.59. The minimum absolute atomic E-state index is 0.0302. The van der Waals surface area contributed by atoms with Gasteiger partial charge in [-0.3, -0.25) is 9.38 Å². The van der Waals surface area contributed by atoms with E-state index in [-0.39, 0.29) is 21.7 Å². The summed E-state index contributed by atoms with van der Waals surface area (Å²) in [6.07, 6.45) is 2.17. The van der Waals surface area contributed by atoms with Gasteiger partial charge in [-0.2, -0.15) is 0 Å². The number of hydrogen-bond donors (Lipinski definition) is 0. The lowest BCUT2D eigenvalue weighted by molar-refractivity contribution is 0.125. The number of rotatable bonds is 0. The molecule has 0 amide bonds. The molecule has 0 N–H and O–H groups in total. The smallest absolute Gasteiger partial charge is 0.147 e. The molecule has 5 rings (SSSR count). The number of nitrogens with zero attached hydrogens (tertiary/aromatic N) is 3. The maximum atomic E-state index is 5.10. The van der Waals surface area contributed by atoms with Crippen molar-refractivity contribution in [3.63, 3.8) is 0 Å². The van der Waals surface area contributed by atoms with E-state index >= 15 is 0 Å². The van der Waals surface area contributed by atoms with E-state index in [0.717, 1.165) is 27.8 Å². The Kier molecular flexibility index (Phi) is 3.54. The predicted octanol–water partition coefficient (Wildman–Crippen LogP) is 6.93. The molecule has 0 saturated heterocycles. The second-order valence-electron chi connectivity index (χ2n) is 11.7. The molecule has 0 unspecified atom stereocenters. The maximum absolute atomic E-state index is 5.10. The molecule has 0 saturated carbocycles. The highest BCUT2D eigenvalue weighted by Gasteiger charge is 2.57. The van der Waals surface area contributed by atoms with E-state index in [9.17, 15) is 0 Å². The first-order valence-electron chi connectivity index (χ1n) is 11.0. The predicted molar refractivity (Wildman–Crippen MR) is 127 cm³/mol. The van der Waals surface area contributed by atoms with Gasteiger partial charge in [-0.1, -0.05) is 68.4 Å². The van der Waals surface area contributed by atoms with Gasteiger partial charge in [0.2, 0.25) is 0 Å². The normalized spacial score (nSPS) is 19.6. The summed E-state index contributed by atoms with van der Waals surface area (Å²) >= 11 is 0. The third-order valence-corrected chi connectivity index (χ3v) is 8.59. The lowest BCUT2D eigenvalue weighted by Gasteiger charge is -2.44. The van der Waals surface area contributed by atoms with Crippen molar-refractivity contribution in [2.75, 3.05) is 0 Å². The van der Waals surface area contributed by atoms with Crippen molar-refractivity contribution >= 4 is 27.6 Å². The third-order valence-electron chi connectivity index (χ3n) is 8.59. The molecule has 0 aliphatic heterocycles. The van der Waals surface area contributed by atoms with Crippen LogP contribution in [0.15, 0.2) is 36.5 Å². The van der Waals surface area contributed by atoms with Crippen molar-refractivity contribution in [3.05, 3.63) is 53.3 Å². The van der Waals surface area contributed by atoms with Gasteiger partial charge in [0.25, 0.3) is 0 Å². The van der Waals surface area contributed by atoms with Crippen LogP contribution < -0.4 is 0 Å². The van der Waals surface area contributed by atoms with Gasteiger partial charge >= 0.3 is 0 Å². The summed E-state index contributed by atoms with van der Waals surface area (Å²) in [5.74, 6) is 0. The molecule has 3 heterocycles. The van der Waals surface area contributed by atoms with E-state index in [1.54, 1.807) is 0 Å². The topological polar surface area (TPSA) is 30.2 Å². The fraction of sp³-hybridized carbons (Fsp3) is 0.481. The standard InChI is InChI=1S/C27H33N3/c1-24(2,3)20-13-10-16-18(28-20)14-15-30-22-19(29-23(16)30)12-11-17-21(22)26(6,7)27(8,9)25(17,4)5/h10-15H,1-9H3. The highest BCUT2D eigenvalue weighted by Crippen LogP contribution is 2.62. The van der Waals surface area contributed by atoms with Crippen LogP contribution in [0.2, 0.25) is 0 Å². The molecular formula is C27H33N3. The number of imidazole rings is 1. The Labute approximate surface area is 179 Å². The summed E-state index contributed by atoms with van der Waals surface area (Å²) in [7, 11) is 0. The first kappa shape index (κ1) is 19.5. The number of hydrogen-bond acceptors (Lipinski definition) is 2. The number of benzene rings is 1. The first-order valence-corrected chi connectivity index (χ1v) is 11.0. The van der Waals surface area contributed by atoms with Gasteiger partial charge in [-0.25, -0.2) is 4.98 Å². The van der Waals surface area contributed by atoms with Gasteiger partial charge < -0.3 is 0 Å². The van der Waals surface area contributed by atoms with Crippen LogP contribution in [0.25, 0.3) is 27.6 Å². The largest absolute Gasteiger partial charge is 0.299 e. The summed E-state index contributed by atoms with van der Waals surface area (Å²) < 4.78 is 2.30. The van der Waals surface area contributed by atoms with Crippen LogP contribution in [0.4, 0.5) is 0 Å². The van der Waals surface area contributed by atoms with Gasteiger partial charge in [0.15, 0.2) is 0 Å². The van der Waals surface area contributed by atoms with Crippen LogP contribution in [0.1, 0.15) is 79.1 Å². The van der Waals surface area contributed by atoms with Crippen LogP contribution >= 0.6 is 0 Å². The monoisotopic (exact) mass is 399 g/mol. The van der Waals surface area contributed by atoms with E-state index in [1.165, 1.54) is 16.6 Å². The zero-order chi connectivity index (χ0) is 21.9. The molecule has 156 valence electrons. The van der Waals surface area contributed by atoms with Crippen molar-refractivity contribution < 1.29 is 0 Å². The second-order valence-corrected chi connectivity index (χ2v) is 11.7.